The van der Waals surface area contributed by atoms with Gasteiger partial charge in [0, 0.05) is 18.7 Å². The molecule has 0 saturated carbocycles. The SMILES string of the molecule is Cc1ccc(NCCCC(F)(F)F)cc1C(F)(F)F. The van der Waals surface area contributed by atoms with E-state index in [0.717, 1.165) is 6.07 Å². The maximum atomic E-state index is 12.6. The third-order valence-corrected chi connectivity index (χ3v) is 2.51. The predicted molar refractivity (Wildman–Crippen MR) is 60.0 cm³/mol. The van der Waals surface area contributed by atoms with Crippen molar-refractivity contribution >= 4 is 5.69 Å². The molecule has 19 heavy (non-hydrogen) atoms. The summed E-state index contributed by atoms with van der Waals surface area (Å²) < 4.78 is 73.4. The van der Waals surface area contributed by atoms with Gasteiger partial charge in [-0.1, -0.05) is 6.07 Å². The van der Waals surface area contributed by atoms with Crippen molar-refractivity contribution in [1.82, 2.24) is 0 Å². The van der Waals surface area contributed by atoms with Crippen LogP contribution in [0, 0.1) is 6.92 Å². The lowest BCUT2D eigenvalue weighted by Crippen LogP contribution is -2.12. The van der Waals surface area contributed by atoms with Crippen LogP contribution in [0.15, 0.2) is 18.2 Å². The Labute approximate surface area is 106 Å². The first-order valence-electron chi connectivity index (χ1n) is 5.58. The summed E-state index contributed by atoms with van der Waals surface area (Å²) in [4.78, 5) is 0. The zero-order chi connectivity index (χ0) is 14.7. The molecule has 0 saturated heterocycles. The lowest BCUT2D eigenvalue weighted by Gasteiger charge is -2.13. The van der Waals surface area contributed by atoms with E-state index >= 15 is 0 Å². The van der Waals surface area contributed by atoms with Gasteiger partial charge in [0.25, 0.3) is 0 Å². The molecule has 0 aliphatic rings. The standard InChI is InChI=1S/C12H13F6N/c1-8-3-4-9(7-10(8)12(16,17)18)19-6-2-5-11(13,14)15/h3-4,7,19H,2,5-6H2,1H3. The van der Waals surface area contributed by atoms with Crippen LogP contribution in [-0.2, 0) is 6.18 Å². The summed E-state index contributed by atoms with van der Waals surface area (Å²) in [6.07, 6.45) is -9.85. The Morgan fingerprint density at radius 1 is 1.05 bits per heavy atom. The summed E-state index contributed by atoms with van der Waals surface area (Å²) in [6, 6.07) is 3.61. The van der Waals surface area contributed by atoms with Crippen LogP contribution in [0.25, 0.3) is 0 Å². The largest absolute Gasteiger partial charge is 0.416 e. The van der Waals surface area contributed by atoms with E-state index < -0.39 is 24.3 Å². The molecule has 0 aliphatic carbocycles. The molecule has 1 aromatic rings. The van der Waals surface area contributed by atoms with Gasteiger partial charge in [-0.15, -0.1) is 0 Å². The topological polar surface area (TPSA) is 12.0 Å². The zero-order valence-electron chi connectivity index (χ0n) is 10.1. The second-order valence-corrected chi connectivity index (χ2v) is 4.17. The van der Waals surface area contributed by atoms with Crippen LogP contribution in [-0.4, -0.2) is 12.7 Å². The molecule has 1 nitrogen and oxygen atoms in total. The van der Waals surface area contributed by atoms with E-state index in [-0.39, 0.29) is 24.2 Å². The lowest BCUT2D eigenvalue weighted by molar-refractivity contribution is -0.138. The second-order valence-electron chi connectivity index (χ2n) is 4.17. The van der Waals surface area contributed by atoms with Gasteiger partial charge >= 0.3 is 12.4 Å². The summed E-state index contributed by atoms with van der Waals surface area (Å²) in [5.74, 6) is 0. The van der Waals surface area contributed by atoms with E-state index in [0.29, 0.717) is 0 Å². The van der Waals surface area contributed by atoms with Crippen LogP contribution >= 0.6 is 0 Å². The number of alkyl halides is 6. The van der Waals surface area contributed by atoms with Crippen molar-refractivity contribution in [2.24, 2.45) is 0 Å². The summed E-state index contributed by atoms with van der Waals surface area (Å²) in [6.45, 7) is 1.30. The minimum absolute atomic E-state index is 0.0279. The molecule has 108 valence electrons. The molecule has 0 spiro atoms. The average molecular weight is 285 g/mol. The molecule has 1 N–H and O–H groups in total. The molecule has 0 unspecified atom stereocenters. The van der Waals surface area contributed by atoms with Gasteiger partial charge in [-0.05, 0) is 31.0 Å². The van der Waals surface area contributed by atoms with Gasteiger partial charge in [-0.3, -0.25) is 0 Å². The second kappa shape index (κ2) is 5.71. The Bertz CT molecular complexity index is 421. The molecule has 0 bridgehead atoms. The highest BCUT2D eigenvalue weighted by molar-refractivity contribution is 5.49. The fourth-order valence-electron chi connectivity index (χ4n) is 1.56. The van der Waals surface area contributed by atoms with E-state index in [9.17, 15) is 26.3 Å². The first-order valence-corrected chi connectivity index (χ1v) is 5.58. The van der Waals surface area contributed by atoms with Gasteiger partial charge in [0.1, 0.15) is 0 Å². The van der Waals surface area contributed by atoms with Crippen LogP contribution in [0.2, 0.25) is 0 Å². The van der Waals surface area contributed by atoms with Crippen molar-refractivity contribution in [2.75, 3.05) is 11.9 Å². The first-order chi connectivity index (χ1) is 8.59. The maximum absolute atomic E-state index is 12.6. The molecule has 0 aliphatic heterocycles. The number of anilines is 1. The number of hydrogen-bond acceptors (Lipinski definition) is 1. The Kier molecular flexibility index (Phi) is 4.70. The number of benzene rings is 1. The van der Waals surface area contributed by atoms with Gasteiger partial charge in [0.2, 0.25) is 0 Å². The Morgan fingerprint density at radius 3 is 2.21 bits per heavy atom. The molecule has 1 aromatic carbocycles. The fraction of sp³-hybridized carbons (Fsp3) is 0.500. The van der Waals surface area contributed by atoms with Crippen molar-refractivity contribution < 1.29 is 26.3 Å². The minimum atomic E-state index is -4.46. The highest BCUT2D eigenvalue weighted by atomic mass is 19.4. The first kappa shape index (κ1) is 15.7. The normalized spacial score (nSPS) is 12.6. The molecule has 1 rings (SSSR count). The van der Waals surface area contributed by atoms with E-state index in [4.69, 9.17) is 0 Å². The fourth-order valence-corrected chi connectivity index (χ4v) is 1.56. The van der Waals surface area contributed by atoms with Crippen LogP contribution in [0.5, 0.6) is 0 Å². The van der Waals surface area contributed by atoms with Gasteiger partial charge in [-0.25, -0.2) is 0 Å². The average Bonchev–Trinajstić information content (AvgIpc) is 2.23. The smallest absolute Gasteiger partial charge is 0.385 e. The number of halogens is 6. The monoisotopic (exact) mass is 285 g/mol. The third-order valence-electron chi connectivity index (χ3n) is 2.51. The van der Waals surface area contributed by atoms with Crippen LogP contribution in [0.4, 0.5) is 32.0 Å². The van der Waals surface area contributed by atoms with E-state index in [2.05, 4.69) is 5.32 Å². The van der Waals surface area contributed by atoms with E-state index in [1.807, 2.05) is 0 Å². The quantitative estimate of drug-likeness (QED) is 0.620. The van der Waals surface area contributed by atoms with Gasteiger partial charge in [0.05, 0.1) is 5.56 Å². The van der Waals surface area contributed by atoms with Crippen LogP contribution < -0.4 is 5.32 Å². The molecule has 0 amide bonds. The predicted octanol–water partition coefficient (Wildman–Crippen LogP) is 4.77. The van der Waals surface area contributed by atoms with E-state index in [1.54, 1.807) is 0 Å². The molecular formula is C12H13F6N. The molecule has 0 atom stereocenters. The Balaban J connectivity index is 2.61. The number of aryl methyl sites for hydroxylation is 1. The van der Waals surface area contributed by atoms with E-state index in [1.165, 1.54) is 19.1 Å². The highest BCUT2D eigenvalue weighted by Gasteiger charge is 2.32. The Morgan fingerprint density at radius 2 is 1.68 bits per heavy atom. The lowest BCUT2D eigenvalue weighted by atomic mass is 10.1. The Hall–Kier alpha value is -1.40. The molecule has 0 aromatic heterocycles. The van der Waals surface area contributed by atoms with Crippen molar-refractivity contribution in [3.63, 3.8) is 0 Å². The van der Waals surface area contributed by atoms with Crippen LogP contribution in [0.1, 0.15) is 24.0 Å². The van der Waals surface area contributed by atoms with Gasteiger partial charge in [-0.2, -0.15) is 26.3 Å². The van der Waals surface area contributed by atoms with Crippen LogP contribution in [0.3, 0.4) is 0 Å². The van der Waals surface area contributed by atoms with Crippen molar-refractivity contribution in [2.45, 2.75) is 32.1 Å². The highest BCUT2D eigenvalue weighted by Crippen LogP contribution is 2.33. The summed E-state index contributed by atoms with van der Waals surface area (Å²) in [5, 5.41) is 2.56. The molecular weight excluding hydrogens is 272 g/mol. The number of hydrogen-bond donors (Lipinski definition) is 1. The zero-order valence-corrected chi connectivity index (χ0v) is 10.1. The van der Waals surface area contributed by atoms with Crippen molar-refractivity contribution in [1.29, 1.82) is 0 Å². The number of rotatable bonds is 4. The van der Waals surface area contributed by atoms with Gasteiger partial charge in [0.15, 0.2) is 0 Å². The van der Waals surface area contributed by atoms with Crippen molar-refractivity contribution in [3.8, 4) is 0 Å². The molecule has 0 radical (unpaired) electrons. The molecule has 0 fully saturated rings. The minimum Gasteiger partial charge on any atom is -0.385 e. The number of nitrogens with one attached hydrogen (secondary N) is 1. The summed E-state index contributed by atoms with van der Waals surface area (Å²) in [5.41, 5.74) is -0.540. The maximum Gasteiger partial charge on any atom is 0.416 e. The molecule has 7 heteroatoms. The van der Waals surface area contributed by atoms with Gasteiger partial charge < -0.3 is 5.32 Å². The molecule has 0 heterocycles. The summed E-state index contributed by atoms with van der Waals surface area (Å²) in [7, 11) is 0. The third kappa shape index (κ3) is 5.40. The van der Waals surface area contributed by atoms with Crippen molar-refractivity contribution in [3.05, 3.63) is 29.3 Å². The summed E-state index contributed by atoms with van der Waals surface area (Å²) >= 11 is 0.